The van der Waals surface area contributed by atoms with Gasteiger partial charge in [0.05, 0.1) is 5.60 Å². The van der Waals surface area contributed by atoms with E-state index in [9.17, 15) is 5.11 Å². The van der Waals surface area contributed by atoms with E-state index in [-0.39, 0.29) is 5.60 Å². The Labute approximate surface area is 86.5 Å². The highest BCUT2D eigenvalue weighted by Gasteiger charge is 2.34. The lowest BCUT2D eigenvalue weighted by Gasteiger charge is -2.33. The zero-order valence-corrected chi connectivity index (χ0v) is 9.13. The molecule has 2 rings (SSSR count). The van der Waals surface area contributed by atoms with E-state index in [0.717, 1.165) is 31.8 Å². The van der Waals surface area contributed by atoms with E-state index in [0.29, 0.717) is 0 Å². The van der Waals surface area contributed by atoms with Gasteiger partial charge in [0.25, 0.3) is 0 Å². The molecule has 2 aliphatic rings. The van der Waals surface area contributed by atoms with Crippen LogP contribution in [-0.4, -0.2) is 48.8 Å². The molecule has 82 valence electrons. The Hall–Kier alpha value is -0.120. The predicted molar refractivity (Wildman–Crippen MR) is 57.3 cm³/mol. The lowest BCUT2D eigenvalue weighted by Crippen LogP contribution is -2.38. The molecule has 2 saturated heterocycles. The van der Waals surface area contributed by atoms with Crippen LogP contribution in [0.1, 0.15) is 25.7 Å². The summed E-state index contributed by atoms with van der Waals surface area (Å²) in [5.41, 5.74) is -0.388. The second-order valence-corrected chi connectivity index (χ2v) is 5.10. The zero-order valence-electron chi connectivity index (χ0n) is 9.13. The smallest absolute Gasteiger partial charge is 0.0786 e. The van der Waals surface area contributed by atoms with Gasteiger partial charge in [-0.1, -0.05) is 0 Å². The Morgan fingerprint density at radius 3 is 2.71 bits per heavy atom. The van der Waals surface area contributed by atoms with Crippen molar-refractivity contribution in [2.24, 2.45) is 5.92 Å². The van der Waals surface area contributed by atoms with Crippen LogP contribution < -0.4 is 5.32 Å². The maximum atomic E-state index is 10.2. The summed E-state index contributed by atoms with van der Waals surface area (Å²) in [6, 6.07) is 0. The Morgan fingerprint density at radius 2 is 2.14 bits per heavy atom. The van der Waals surface area contributed by atoms with Crippen molar-refractivity contribution < 1.29 is 5.11 Å². The van der Waals surface area contributed by atoms with Gasteiger partial charge in [0, 0.05) is 6.54 Å². The minimum absolute atomic E-state index is 0.388. The van der Waals surface area contributed by atoms with Gasteiger partial charge in [0.1, 0.15) is 0 Å². The van der Waals surface area contributed by atoms with Gasteiger partial charge in [-0.05, 0) is 58.3 Å². The van der Waals surface area contributed by atoms with Crippen LogP contribution in [0, 0.1) is 5.92 Å². The fourth-order valence-corrected chi connectivity index (χ4v) is 2.71. The molecule has 0 radical (unpaired) electrons. The third kappa shape index (κ3) is 2.47. The van der Waals surface area contributed by atoms with Gasteiger partial charge in [0.2, 0.25) is 0 Å². The molecule has 0 amide bonds. The minimum atomic E-state index is -0.388. The third-order valence-corrected chi connectivity index (χ3v) is 3.73. The average Bonchev–Trinajstić information content (AvgIpc) is 2.57. The normalized spacial score (nSPS) is 36.4. The van der Waals surface area contributed by atoms with Gasteiger partial charge < -0.3 is 15.3 Å². The van der Waals surface area contributed by atoms with Crippen LogP contribution in [0.2, 0.25) is 0 Å². The van der Waals surface area contributed by atoms with Crippen molar-refractivity contribution in [2.45, 2.75) is 31.3 Å². The van der Waals surface area contributed by atoms with Crippen LogP contribution in [0.15, 0.2) is 0 Å². The van der Waals surface area contributed by atoms with Gasteiger partial charge in [-0.15, -0.1) is 0 Å². The molecule has 0 aliphatic carbocycles. The first-order chi connectivity index (χ1) is 6.68. The molecule has 14 heavy (non-hydrogen) atoms. The summed E-state index contributed by atoms with van der Waals surface area (Å²) in [7, 11) is 2.18. The quantitative estimate of drug-likeness (QED) is 0.676. The molecule has 2 fully saturated rings. The number of piperidine rings is 1. The van der Waals surface area contributed by atoms with Crippen LogP contribution in [0.4, 0.5) is 0 Å². The van der Waals surface area contributed by atoms with E-state index in [1.165, 1.54) is 25.9 Å². The van der Waals surface area contributed by atoms with E-state index in [2.05, 4.69) is 17.3 Å². The number of β-amino-alcohol motifs (C(OH)–C–C–N with tert-alkyl or cyclic N) is 1. The number of nitrogens with zero attached hydrogens (tertiary/aromatic N) is 1. The molecule has 1 atom stereocenters. The van der Waals surface area contributed by atoms with E-state index in [1.807, 2.05) is 0 Å². The van der Waals surface area contributed by atoms with Gasteiger partial charge in [-0.3, -0.25) is 0 Å². The molecular formula is C11H22N2O. The van der Waals surface area contributed by atoms with Crippen molar-refractivity contribution in [1.82, 2.24) is 10.2 Å². The Kier molecular flexibility index (Phi) is 3.10. The van der Waals surface area contributed by atoms with Gasteiger partial charge >= 0.3 is 0 Å². The van der Waals surface area contributed by atoms with Crippen LogP contribution in [-0.2, 0) is 0 Å². The Balaban J connectivity index is 1.79. The highest BCUT2D eigenvalue weighted by molar-refractivity contribution is 4.90. The predicted octanol–water partition coefficient (Wildman–Crippen LogP) is 0.443. The molecule has 3 nitrogen and oxygen atoms in total. The lowest BCUT2D eigenvalue weighted by molar-refractivity contribution is 0.0241. The highest BCUT2D eigenvalue weighted by Crippen LogP contribution is 2.29. The monoisotopic (exact) mass is 198 g/mol. The summed E-state index contributed by atoms with van der Waals surface area (Å²) in [5.74, 6) is 0.746. The number of likely N-dealkylation sites (tertiary alicyclic amines) is 1. The van der Waals surface area contributed by atoms with Crippen LogP contribution in [0.3, 0.4) is 0 Å². The maximum absolute atomic E-state index is 10.2. The molecule has 0 aromatic carbocycles. The first-order valence-electron chi connectivity index (χ1n) is 5.80. The average molecular weight is 198 g/mol. The summed E-state index contributed by atoms with van der Waals surface area (Å²) < 4.78 is 0. The number of aliphatic hydroxyl groups is 1. The van der Waals surface area contributed by atoms with Crippen LogP contribution in [0.5, 0.6) is 0 Å². The van der Waals surface area contributed by atoms with Crippen molar-refractivity contribution in [3.05, 3.63) is 0 Å². The molecular weight excluding hydrogens is 176 g/mol. The third-order valence-electron chi connectivity index (χ3n) is 3.73. The van der Waals surface area contributed by atoms with Crippen molar-refractivity contribution in [1.29, 1.82) is 0 Å². The maximum Gasteiger partial charge on any atom is 0.0786 e. The lowest BCUT2D eigenvalue weighted by atomic mass is 9.84. The molecule has 0 spiro atoms. The van der Waals surface area contributed by atoms with E-state index >= 15 is 0 Å². The molecule has 0 aromatic rings. The van der Waals surface area contributed by atoms with Crippen LogP contribution >= 0.6 is 0 Å². The van der Waals surface area contributed by atoms with E-state index < -0.39 is 0 Å². The molecule has 2 aliphatic heterocycles. The minimum Gasteiger partial charge on any atom is -0.389 e. The zero-order chi connectivity index (χ0) is 10.0. The van der Waals surface area contributed by atoms with E-state index in [4.69, 9.17) is 0 Å². The van der Waals surface area contributed by atoms with Gasteiger partial charge in [-0.2, -0.15) is 0 Å². The summed E-state index contributed by atoms with van der Waals surface area (Å²) >= 11 is 0. The van der Waals surface area contributed by atoms with Gasteiger partial charge in [0.15, 0.2) is 0 Å². The van der Waals surface area contributed by atoms with E-state index in [1.54, 1.807) is 0 Å². The van der Waals surface area contributed by atoms with Crippen molar-refractivity contribution in [3.8, 4) is 0 Å². The number of hydrogen-bond acceptors (Lipinski definition) is 3. The first-order valence-corrected chi connectivity index (χ1v) is 5.80. The summed E-state index contributed by atoms with van der Waals surface area (Å²) in [6.07, 6.45) is 4.48. The highest BCUT2D eigenvalue weighted by atomic mass is 16.3. The second kappa shape index (κ2) is 4.17. The molecule has 0 aromatic heterocycles. The van der Waals surface area contributed by atoms with Gasteiger partial charge in [-0.25, -0.2) is 0 Å². The number of rotatable bonds is 2. The molecule has 2 heterocycles. The van der Waals surface area contributed by atoms with Crippen molar-refractivity contribution >= 4 is 0 Å². The standard InChI is InChI=1S/C11H22N2O/c1-13-6-2-10(3-7-13)8-11(14)4-5-12-9-11/h10,12,14H,2-9H2,1H3. The molecule has 3 heteroatoms. The summed E-state index contributed by atoms with van der Waals surface area (Å²) in [6.45, 7) is 4.20. The first kappa shape index (κ1) is 10.4. The molecule has 2 N–H and O–H groups in total. The fraction of sp³-hybridized carbons (Fsp3) is 1.00. The number of hydrogen-bond donors (Lipinski definition) is 2. The number of nitrogens with one attached hydrogen (secondary N) is 1. The largest absolute Gasteiger partial charge is 0.389 e. The fourth-order valence-electron chi connectivity index (χ4n) is 2.71. The van der Waals surface area contributed by atoms with Crippen molar-refractivity contribution in [2.75, 3.05) is 33.2 Å². The van der Waals surface area contributed by atoms with Crippen molar-refractivity contribution in [3.63, 3.8) is 0 Å². The Bertz CT molecular complexity index is 182. The van der Waals surface area contributed by atoms with Crippen LogP contribution in [0.25, 0.3) is 0 Å². The summed E-state index contributed by atoms with van der Waals surface area (Å²) in [4.78, 5) is 2.38. The molecule has 1 unspecified atom stereocenters. The second-order valence-electron chi connectivity index (χ2n) is 5.10. The molecule has 0 saturated carbocycles. The summed E-state index contributed by atoms with van der Waals surface area (Å²) in [5, 5.41) is 13.5. The SMILES string of the molecule is CN1CCC(CC2(O)CCNC2)CC1. The topological polar surface area (TPSA) is 35.5 Å². The Morgan fingerprint density at radius 1 is 1.43 bits per heavy atom. The molecule has 0 bridgehead atoms.